The number of aryl methyl sites for hydroxylation is 4. The highest BCUT2D eigenvalue weighted by molar-refractivity contribution is 7.92. The molecular weight excluding hydrogens is 396 g/mol. The number of amides is 1. The van der Waals surface area contributed by atoms with Crippen LogP contribution in [-0.2, 0) is 16.4 Å². The first-order chi connectivity index (χ1) is 14.2. The number of sulfonamides is 1. The summed E-state index contributed by atoms with van der Waals surface area (Å²) in [5.41, 5.74) is 4.95. The van der Waals surface area contributed by atoms with Crippen LogP contribution in [0.3, 0.4) is 0 Å². The van der Waals surface area contributed by atoms with Gasteiger partial charge in [0.05, 0.1) is 10.6 Å². The number of hydrogen-bond acceptors (Lipinski definition) is 3. The van der Waals surface area contributed by atoms with Gasteiger partial charge in [0.2, 0.25) is 0 Å². The summed E-state index contributed by atoms with van der Waals surface area (Å²) < 4.78 is 28.7. The third-order valence-corrected chi connectivity index (χ3v) is 6.62. The zero-order valence-corrected chi connectivity index (χ0v) is 18.4. The Morgan fingerprint density at radius 3 is 2.27 bits per heavy atom. The Balaban J connectivity index is 1.94. The fourth-order valence-electron chi connectivity index (χ4n) is 3.31. The number of para-hydroxylation sites is 2. The minimum atomic E-state index is -3.85. The average Bonchev–Trinajstić information content (AvgIpc) is 2.71. The van der Waals surface area contributed by atoms with Gasteiger partial charge in [-0.1, -0.05) is 49.4 Å². The van der Waals surface area contributed by atoms with E-state index in [9.17, 15) is 13.2 Å². The molecule has 30 heavy (non-hydrogen) atoms. The predicted molar refractivity (Wildman–Crippen MR) is 122 cm³/mol. The minimum Gasteiger partial charge on any atom is -0.321 e. The van der Waals surface area contributed by atoms with Crippen LogP contribution in [0.1, 0.15) is 39.5 Å². The number of anilines is 2. The van der Waals surface area contributed by atoms with Crippen molar-refractivity contribution in [3.63, 3.8) is 0 Å². The molecule has 0 aliphatic carbocycles. The number of hydrogen-bond donors (Lipinski definition) is 2. The molecule has 0 saturated carbocycles. The van der Waals surface area contributed by atoms with Gasteiger partial charge >= 0.3 is 0 Å². The molecule has 0 atom stereocenters. The first kappa shape index (κ1) is 21.6. The third kappa shape index (κ3) is 4.54. The Hall–Kier alpha value is -3.12. The van der Waals surface area contributed by atoms with E-state index in [2.05, 4.69) is 10.0 Å². The molecule has 0 aliphatic heterocycles. The zero-order valence-electron chi connectivity index (χ0n) is 17.6. The summed E-state index contributed by atoms with van der Waals surface area (Å²) >= 11 is 0. The second-order valence-electron chi connectivity index (χ2n) is 7.32. The lowest BCUT2D eigenvalue weighted by molar-refractivity contribution is 0.102. The Bertz CT molecular complexity index is 1200. The van der Waals surface area contributed by atoms with E-state index in [0.29, 0.717) is 11.3 Å². The van der Waals surface area contributed by atoms with Crippen molar-refractivity contribution in [3.05, 3.63) is 88.5 Å². The predicted octanol–water partition coefficient (Wildman–Crippen LogP) is 5.23. The van der Waals surface area contributed by atoms with Gasteiger partial charge in [-0.15, -0.1) is 0 Å². The molecule has 0 unspecified atom stereocenters. The fourth-order valence-corrected chi connectivity index (χ4v) is 4.71. The van der Waals surface area contributed by atoms with Crippen LogP contribution in [-0.4, -0.2) is 14.3 Å². The summed E-state index contributed by atoms with van der Waals surface area (Å²) in [4.78, 5) is 13.0. The zero-order chi connectivity index (χ0) is 21.9. The van der Waals surface area contributed by atoms with Gasteiger partial charge in [-0.25, -0.2) is 8.42 Å². The summed E-state index contributed by atoms with van der Waals surface area (Å²) in [6.45, 7) is 7.51. The van der Waals surface area contributed by atoms with E-state index in [4.69, 9.17) is 0 Å². The molecule has 6 heteroatoms. The van der Waals surface area contributed by atoms with E-state index in [0.717, 1.165) is 28.8 Å². The monoisotopic (exact) mass is 422 g/mol. The standard InChI is InChI=1S/C24H26N2O3S/c1-5-19-11-8-10-18(4)23(19)25-24(27)20-14-13-17(3)22(15-20)30(28,29)26-21-12-7-6-9-16(21)2/h6-15,26H,5H2,1-4H3,(H,25,27). The van der Waals surface area contributed by atoms with Gasteiger partial charge < -0.3 is 5.32 Å². The van der Waals surface area contributed by atoms with E-state index in [1.54, 1.807) is 31.2 Å². The SMILES string of the molecule is CCc1cccc(C)c1NC(=O)c1ccc(C)c(S(=O)(=O)Nc2ccccc2C)c1. The van der Waals surface area contributed by atoms with Crippen molar-refractivity contribution in [2.75, 3.05) is 10.0 Å². The van der Waals surface area contributed by atoms with Gasteiger partial charge in [0, 0.05) is 11.3 Å². The Morgan fingerprint density at radius 1 is 0.867 bits per heavy atom. The van der Waals surface area contributed by atoms with Crippen molar-refractivity contribution in [3.8, 4) is 0 Å². The number of nitrogens with one attached hydrogen (secondary N) is 2. The molecule has 0 saturated heterocycles. The minimum absolute atomic E-state index is 0.0823. The summed E-state index contributed by atoms with van der Waals surface area (Å²) in [5.74, 6) is -0.341. The van der Waals surface area contributed by atoms with Crippen LogP contribution in [0.2, 0.25) is 0 Å². The maximum Gasteiger partial charge on any atom is 0.262 e. The Kier molecular flexibility index (Phi) is 6.27. The molecule has 3 aromatic carbocycles. The van der Waals surface area contributed by atoms with Crippen LogP contribution < -0.4 is 10.0 Å². The lowest BCUT2D eigenvalue weighted by Gasteiger charge is -2.15. The molecule has 0 bridgehead atoms. The maximum absolute atomic E-state index is 13.0. The normalized spacial score (nSPS) is 11.2. The van der Waals surface area contributed by atoms with Crippen LogP contribution in [0.5, 0.6) is 0 Å². The first-order valence-corrected chi connectivity index (χ1v) is 11.3. The molecule has 5 nitrogen and oxygen atoms in total. The molecular formula is C24H26N2O3S. The number of rotatable bonds is 6. The van der Waals surface area contributed by atoms with Crippen LogP contribution in [0.25, 0.3) is 0 Å². The largest absolute Gasteiger partial charge is 0.321 e. The Morgan fingerprint density at radius 2 is 1.57 bits per heavy atom. The van der Waals surface area contributed by atoms with Gasteiger partial charge in [0.15, 0.2) is 0 Å². The first-order valence-electron chi connectivity index (χ1n) is 9.82. The molecule has 0 radical (unpaired) electrons. The molecule has 0 fully saturated rings. The van der Waals surface area contributed by atoms with E-state index in [-0.39, 0.29) is 16.4 Å². The molecule has 0 heterocycles. The number of benzene rings is 3. The summed E-state index contributed by atoms with van der Waals surface area (Å²) in [5, 5.41) is 2.95. The van der Waals surface area contributed by atoms with Crippen molar-refractivity contribution in [2.24, 2.45) is 0 Å². The van der Waals surface area contributed by atoms with E-state index < -0.39 is 10.0 Å². The fraction of sp³-hybridized carbons (Fsp3) is 0.208. The molecule has 1 amide bonds. The van der Waals surface area contributed by atoms with Gasteiger partial charge in [-0.05, 0) is 67.6 Å². The van der Waals surface area contributed by atoms with Crippen molar-refractivity contribution in [2.45, 2.75) is 39.0 Å². The lowest BCUT2D eigenvalue weighted by Crippen LogP contribution is -2.18. The number of carbonyl (C=O) groups excluding carboxylic acids is 1. The molecule has 3 aromatic rings. The molecule has 0 aliphatic rings. The van der Waals surface area contributed by atoms with Crippen LogP contribution in [0.15, 0.2) is 65.6 Å². The summed E-state index contributed by atoms with van der Waals surface area (Å²) in [7, 11) is -3.85. The van der Waals surface area contributed by atoms with Crippen LogP contribution in [0, 0.1) is 20.8 Å². The highest BCUT2D eigenvalue weighted by atomic mass is 32.2. The van der Waals surface area contributed by atoms with Crippen molar-refractivity contribution >= 4 is 27.3 Å². The van der Waals surface area contributed by atoms with E-state index in [1.807, 2.05) is 51.1 Å². The topological polar surface area (TPSA) is 75.3 Å². The smallest absolute Gasteiger partial charge is 0.262 e. The quantitative estimate of drug-likeness (QED) is 0.571. The van der Waals surface area contributed by atoms with Gasteiger partial charge in [0.25, 0.3) is 15.9 Å². The Labute approximate surface area is 178 Å². The molecule has 3 rings (SSSR count). The van der Waals surface area contributed by atoms with E-state index >= 15 is 0 Å². The maximum atomic E-state index is 13.0. The summed E-state index contributed by atoms with van der Waals surface area (Å²) in [6, 6.07) is 17.7. The highest BCUT2D eigenvalue weighted by Gasteiger charge is 2.20. The summed E-state index contributed by atoms with van der Waals surface area (Å²) in [6.07, 6.45) is 0.783. The molecule has 2 N–H and O–H groups in total. The average molecular weight is 423 g/mol. The van der Waals surface area contributed by atoms with Crippen LogP contribution in [0.4, 0.5) is 11.4 Å². The lowest BCUT2D eigenvalue weighted by atomic mass is 10.1. The van der Waals surface area contributed by atoms with Gasteiger partial charge in [-0.3, -0.25) is 9.52 Å². The molecule has 0 spiro atoms. The second-order valence-corrected chi connectivity index (χ2v) is 8.97. The van der Waals surface area contributed by atoms with Crippen molar-refractivity contribution in [1.82, 2.24) is 0 Å². The second kappa shape index (κ2) is 8.71. The van der Waals surface area contributed by atoms with Crippen LogP contribution >= 0.6 is 0 Å². The van der Waals surface area contributed by atoms with Crippen molar-refractivity contribution in [1.29, 1.82) is 0 Å². The van der Waals surface area contributed by atoms with Gasteiger partial charge in [-0.2, -0.15) is 0 Å². The molecule has 0 aromatic heterocycles. The third-order valence-electron chi connectivity index (χ3n) is 5.11. The number of carbonyl (C=O) groups is 1. The van der Waals surface area contributed by atoms with Gasteiger partial charge in [0.1, 0.15) is 0 Å². The highest BCUT2D eigenvalue weighted by Crippen LogP contribution is 2.25. The van der Waals surface area contributed by atoms with E-state index in [1.165, 1.54) is 6.07 Å². The molecule has 156 valence electrons. The van der Waals surface area contributed by atoms with Crippen molar-refractivity contribution < 1.29 is 13.2 Å².